The van der Waals surface area contributed by atoms with Gasteiger partial charge in [-0.25, -0.2) is 4.79 Å². The number of benzene rings is 2. The number of carbonyl (C=O) groups is 2. The van der Waals surface area contributed by atoms with Crippen LogP contribution in [-0.4, -0.2) is 45.2 Å². The summed E-state index contributed by atoms with van der Waals surface area (Å²) in [5.74, 6) is -0.128. The Morgan fingerprint density at radius 2 is 1.61 bits per heavy atom. The van der Waals surface area contributed by atoms with E-state index in [0.717, 1.165) is 0 Å². The van der Waals surface area contributed by atoms with Gasteiger partial charge in [-0.1, -0.05) is 0 Å². The number of carbonyl (C=O) groups excluding carboxylic acids is 2. The van der Waals surface area contributed by atoms with Gasteiger partial charge < -0.3 is 18.9 Å². The van der Waals surface area contributed by atoms with Crippen LogP contribution in [0.4, 0.5) is 11.4 Å². The van der Waals surface area contributed by atoms with Crippen LogP contribution in [0.5, 0.6) is 17.2 Å². The molecule has 2 aromatic carbocycles. The molecule has 0 N–H and O–H groups in total. The van der Waals surface area contributed by atoms with Crippen molar-refractivity contribution in [2.24, 2.45) is 0 Å². The van der Waals surface area contributed by atoms with Gasteiger partial charge in [0.05, 0.1) is 44.5 Å². The first-order valence-corrected chi connectivity index (χ1v) is 9.68. The quantitative estimate of drug-likeness (QED) is 0.270. The highest BCUT2D eigenvalue weighted by atomic mass is 16.6. The predicted octanol–water partition coefficient (Wildman–Crippen LogP) is 3.50. The molecule has 1 aliphatic heterocycles. The molecule has 172 valence electrons. The van der Waals surface area contributed by atoms with Crippen molar-refractivity contribution in [2.75, 3.05) is 33.3 Å². The van der Waals surface area contributed by atoms with E-state index >= 15 is 0 Å². The predicted molar refractivity (Wildman–Crippen MR) is 119 cm³/mol. The van der Waals surface area contributed by atoms with Crippen molar-refractivity contribution >= 4 is 29.3 Å². The first-order valence-electron chi connectivity index (χ1n) is 9.68. The minimum absolute atomic E-state index is 0.0673. The van der Waals surface area contributed by atoms with Gasteiger partial charge in [0.15, 0.2) is 11.5 Å². The zero-order valence-electron chi connectivity index (χ0n) is 18.7. The Bertz CT molecular complexity index is 1180. The minimum Gasteiger partial charge on any atom is -0.493 e. The molecule has 0 aromatic heterocycles. The number of methoxy groups -OCH3 is 4. The summed E-state index contributed by atoms with van der Waals surface area (Å²) < 4.78 is 21.1. The smallest absolute Gasteiger partial charge is 0.340 e. The Hall–Kier alpha value is -4.34. The van der Waals surface area contributed by atoms with Gasteiger partial charge in [0.2, 0.25) is 5.75 Å². The molecule has 0 radical (unpaired) electrons. The van der Waals surface area contributed by atoms with E-state index < -0.39 is 16.8 Å². The van der Waals surface area contributed by atoms with Gasteiger partial charge in [0.1, 0.15) is 0 Å². The monoisotopic (exact) mass is 454 g/mol. The maximum atomic E-state index is 13.4. The third-order valence-electron chi connectivity index (χ3n) is 5.14. The Labute approximate surface area is 189 Å². The fourth-order valence-corrected chi connectivity index (χ4v) is 3.61. The molecule has 0 saturated heterocycles. The number of esters is 1. The van der Waals surface area contributed by atoms with Crippen molar-refractivity contribution in [1.29, 1.82) is 0 Å². The zero-order chi connectivity index (χ0) is 24.3. The zero-order valence-corrected chi connectivity index (χ0v) is 18.7. The number of hydrogen-bond donors (Lipinski definition) is 0. The average molecular weight is 454 g/mol. The number of amides is 1. The van der Waals surface area contributed by atoms with Crippen molar-refractivity contribution in [3.63, 3.8) is 0 Å². The minimum atomic E-state index is -0.698. The SMILES string of the molecule is COC(=O)C1=C(C)N(c2ccc([N+](=O)[O-])cc2)C(=O)/C1=C\c1ccc(OC)c(OC)c1OC. The largest absolute Gasteiger partial charge is 0.493 e. The highest BCUT2D eigenvalue weighted by Gasteiger charge is 2.38. The lowest BCUT2D eigenvalue weighted by atomic mass is 10.0. The molecule has 10 heteroatoms. The Morgan fingerprint density at radius 1 is 0.970 bits per heavy atom. The van der Waals surface area contributed by atoms with Crippen LogP contribution in [-0.2, 0) is 14.3 Å². The molecule has 0 aliphatic carbocycles. The second kappa shape index (κ2) is 9.43. The van der Waals surface area contributed by atoms with Crippen LogP contribution in [0.1, 0.15) is 12.5 Å². The summed E-state index contributed by atoms with van der Waals surface area (Å²) in [5, 5.41) is 11.0. The normalized spacial score (nSPS) is 14.5. The number of nitrogens with zero attached hydrogens (tertiary/aromatic N) is 2. The summed E-state index contributed by atoms with van der Waals surface area (Å²) >= 11 is 0. The van der Waals surface area contributed by atoms with Crippen molar-refractivity contribution in [2.45, 2.75) is 6.92 Å². The number of hydrogen-bond acceptors (Lipinski definition) is 8. The second-order valence-corrected chi connectivity index (χ2v) is 6.85. The lowest BCUT2D eigenvalue weighted by molar-refractivity contribution is -0.384. The number of non-ortho nitro benzene ring substituents is 1. The topological polar surface area (TPSA) is 117 Å². The van der Waals surface area contributed by atoms with Gasteiger partial charge in [-0.2, -0.15) is 0 Å². The van der Waals surface area contributed by atoms with Crippen LogP contribution >= 0.6 is 0 Å². The highest BCUT2D eigenvalue weighted by Crippen LogP contribution is 2.42. The van der Waals surface area contributed by atoms with Crippen molar-refractivity contribution in [3.05, 3.63) is 68.9 Å². The van der Waals surface area contributed by atoms with E-state index in [1.54, 1.807) is 19.1 Å². The summed E-state index contributed by atoms with van der Waals surface area (Å²) in [6.07, 6.45) is 1.50. The van der Waals surface area contributed by atoms with Crippen molar-refractivity contribution in [3.8, 4) is 17.2 Å². The van der Waals surface area contributed by atoms with Gasteiger partial charge >= 0.3 is 5.97 Å². The number of nitro groups is 1. The Balaban J connectivity index is 2.18. The number of anilines is 1. The maximum Gasteiger partial charge on any atom is 0.340 e. The van der Waals surface area contributed by atoms with E-state index in [1.807, 2.05) is 0 Å². The van der Waals surface area contributed by atoms with Crippen LogP contribution in [0, 0.1) is 10.1 Å². The van der Waals surface area contributed by atoms with Gasteiger partial charge in [-0.15, -0.1) is 0 Å². The molecular weight excluding hydrogens is 432 g/mol. The molecule has 0 bridgehead atoms. The molecule has 0 spiro atoms. The molecular formula is C23H22N2O8. The molecule has 0 fully saturated rings. The number of ether oxygens (including phenoxy) is 4. The van der Waals surface area contributed by atoms with Crippen LogP contribution in [0.2, 0.25) is 0 Å². The summed E-state index contributed by atoms with van der Waals surface area (Å²) in [7, 11) is 5.61. The second-order valence-electron chi connectivity index (χ2n) is 6.85. The third-order valence-corrected chi connectivity index (χ3v) is 5.14. The van der Waals surface area contributed by atoms with Crippen molar-refractivity contribution in [1.82, 2.24) is 0 Å². The fraction of sp³-hybridized carbons (Fsp3) is 0.217. The van der Waals surface area contributed by atoms with Gasteiger partial charge in [-0.05, 0) is 37.3 Å². The van der Waals surface area contributed by atoms with E-state index in [1.165, 1.54) is 63.7 Å². The Morgan fingerprint density at radius 3 is 2.12 bits per heavy atom. The summed E-state index contributed by atoms with van der Waals surface area (Å²) in [5.41, 5.74) is 1.18. The van der Waals surface area contributed by atoms with E-state index in [9.17, 15) is 19.7 Å². The molecule has 10 nitrogen and oxygen atoms in total. The molecule has 3 rings (SSSR count). The molecule has 1 heterocycles. The van der Waals surface area contributed by atoms with Gasteiger partial charge in [0, 0.05) is 29.1 Å². The molecule has 1 amide bonds. The molecule has 33 heavy (non-hydrogen) atoms. The standard InChI is InChI=1S/C23H22N2O8/c1-13-19(23(27)33-5)17(12-14-6-11-18(30-2)21(32-4)20(14)31-3)22(26)24(13)15-7-9-16(10-8-15)25(28)29/h6-12H,1-5H3/b17-12-. The van der Waals surface area contributed by atoms with E-state index in [-0.39, 0.29) is 16.8 Å². The van der Waals surface area contributed by atoms with E-state index in [4.69, 9.17) is 18.9 Å². The molecule has 2 aromatic rings. The summed E-state index contributed by atoms with van der Waals surface area (Å²) in [6, 6.07) is 8.76. The molecule has 1 aliphatic rings. The highest BCUT2D eigenvalue weighted by molar-refractivity contribution is 6.24. The van der Waals surface area contributed by atoms with Crippen LogP contribution in [0.3, 0.4) is 0 Å². The number of rotatable bonds is 7. The van der Waals surface area contributed by atoms with Crippen LogP contribution in [0.25, 0.3) is 6.08 Å². The fourth-order valence-electron chi connectivity index (χ4n) is 3.61. The average Bonchev–Trinajstić information content (AvgIpc) is 3.07. The van der Waals surface area contributed by atoms with Crippen LogP contribution < -0.4 is 19.1 Å². The van der Waals surface area contributed by atoms with E-state index in [0.29, 0.717) is 34.2 Å². The van der Waals surface area contributed by atoms with Gasteiger partial charge in [0.25, 0.3) is 11.6 Å². The number of nitro benzene ring substituents is 1. The first-order chi connectivity index (χ1) is 15.8. The summed E-state index contributed by atoms with van der Waals surface area (Å²) in [6.45, 7) is 1.60. The Kier molecular flexibility index (Phi) is 6.67. The van der Waals surface area contributed by atoms with Gasteiger partial charge in [-0.3, -0.25) is 19.8 Å². The number of allylic oxidation sites excluding steroid dienone is 1. The third kappa shape index (κ3) is 4.10. The molecule has 0 unspecified atom stereocenters. The first kappa shape index (κ1) is 23.3. The summed E-state index contributed by atoms with van der Waals surface area (Å²) in [4.78, 5) is 37.8. The molecule has 0 atom stereocenters. The van der Waals surface area contributed by atoms with Crippen LogP contribution in [0.15, 0.2) is 53.2 Å². The lowest BCUT2D eigenvalue weighted by Gasteiger charge is -2.18. The van der Waals surface area contributed by atoms with Crippen molar-refractivity contribution < 1.29 is 33.5 Å². The lowest BCUT2D eigenvalue weighted by Crippen LogP contribution is -2.24. The molecule has 0 saturated carbocycles. The maximum absolute atomic E-state index is 13.4. The van der Waals surface area contributed by atoms with E-state index in [2.05, 4.69) is 0 Å².